The van der Waals surface area contributed by atoms with Crippen LogP contribution < -0.4 is 0 Å². The molecule has 102 valence electrons. The Morgan fingerprint density at radius 1 is 1.20 bits per heavy atom. The molecule has 0 aliphatic heterocycles. The zero-order valence-electron chi connectivity index (χ0n) is 9.95. The first-order valence-electron chi connectivity index (χ1n) is 5.65. The summed E-state index contributed by atoms with van der Waals surface area (Å²) in [5.74, 6) is 0.185. The van der Waals surface area contributed by atoms with Gasteiger partial charge in [-0.25, -0.2) is 14.4 Å². The molecule has 0 bridgehead atoms. The van der Waals surface area contributed by atoms with Gasteiger partial charge in [-0.2, -0.15) is 0 Å². The summed E-state index contributed by atoms with van der Waals surface area (Å²) in [7, 11) is 0. The largest absolute Gasteiger partial charge is 0.277 e. The number of nitrogens with zero attached hydrogens (tertiary/aromatic N) is 3. The minimum Gasteiger partial charge on any atom is -0.277 e. The van der Waals surface area contributed by atoms with Gasteiger partial charge in [0.1, 0.15) is 17.2 Å². The fourth-order valence-corrected chi connectivity index (χ4v) is 2.84. The van der Waals surface area contributed by atoms with Crippen molar-refractivity contribution in [2.24, 2.45) is 0 Å². The molecule has 20 heavy (non-hydrogen) atoms. The zero-order valence-corrected chi connectivity index (χ0v) is 12.2. The second kappa shape index (κ2) is 5.20. The lowest BCUT2D eigenvalue weighted by atomic mass is 10.3. The van der Waals surface area contributed by atoms with Crippen LogP contribution in [0.25, 0.3) is 16.9 Å². The Morgan fingerprint density at radius 2 is 1.90 bits per heavy atom. The highest BCUT2D eigenvalue weighted by atomic mass is 35.5. The first-order valence-corrected chi connectivity index (χ1v) is 6.94. The Hall–Kier alpha value is -1.36. The fraction of sp³-hybridized carbons (Fsp3) is 0.0769. The highest BCUT2D eigenvalue weighted by molar-refractivity contribution is 6.38. The topological polar surface area (TPSA) is 30.7 Å². The van der Waals surface area contributed by atoms with E-state index in [0.717, 1.165) is 0 Å². The number of fused-ring (bicyclic) bond motifs is 1. The molecule has 0 atom stereocenters. The molecule has 1 aromatic carbocycles. The molecule has 3 aromatic rings. The Balaban J connectivity index is 2.40. The summed E-state index contributed by atoms with van der Waals surface area (Å²) in [4.78, 5) is 8.63. The predicted octanol–water partition coefficient (Wildman–Crippen LogP) is 4.61. The van der Waals surface area contributed by atoms with Crippen LogP contribution in [0.1, 0.15) is 5.82 Å². The standard InChI is InChI=1S/C13H7Cl3FN3/c14-6-11-19-10-2-1-3-18-13(10)20(11)12-8(15)4-7(17)5-9(12)16/h1-5H,6H2. The second-order valence-corrected chi connectivity index (χ2v) is 5.14. The molecule has 0 aliphatic rings. The normalized spacial score (nSPS) is 11.2. The van der Waals surface area contributed by atoms with Crippen LogP contribution in [0, 0.1) is 5.82 Å². The summed E-state index contributed by atoms with van der Waals surface area (Å²) in [6, 6.07) is 5.96. The summed E-state index contributed by atoms with van der Waals surface area (Å²) in [5, 5.41) is 0.345. The number of hydrogen-bond acceptors (Lipinski definition) is 2. The fourth-order valence-electron chi connectivity index (χ4n) is 2.03. The molecule has 0 radical (unpaired) electrons. The van der Waals surface area contributed by atoms with Crippen molar-refractivity contribution >= 4 is 46.0 Å². The molecule has 0 amide bonds. The molecule has 7 heteroatoms. The van der Waals surface area contributed by atoms with Crippen LogP contribution in [-0.4, -0.2) is 14.5 Å². The van der Waals surface area contributed by atoms with Crippen molar-refractivity contribution in [3.8, 4) is 5.69 Å². The van der Waals surface area contributed by atoms with Gasteiger partial charge in [0, 0.05) is 6.20 Å². The van der Waals surface area contributed by atoms with Crippen LogP contribution >= 0.6 is 34.8 Å². The minimum atomic E-state index is -0.506. The lowest BCUT2D eigenvalue weighted by Gasteiger charge is -2.11. The van der Waals surface area contributed by atoms with Gasteiger partial charge in [-0.15, -0.1) is 11.6 Å². The monoisotopic (exact) mass is 329 g/mol. The van der Waals surface area contributed by atoms with Gasteiger partial charge in [0.05, 0.1) is 21.6 Å². The van der Waals surface area contributed by atoms with E-state index < -0.39 is 5.82 Å². The van der Waals surface area contributed by atoms with E-state index in [0.29, 0.717) is 22.7 Å². The third-order valence-electron chi connectivity index (χ3n) is 2.81. The highest BCUT2D eigenvalue weighted by Crippen LogP contribution is 2.33. The molecular weight excluding hydrogens is 324 g/mol. The molecule has 3 rings (SSSR count). The number of rotatable bonds is 2. The maximum Gasteiger partial charge on any atom is 0.164 e. The van der Waals surface area contributed by atoms with Gasteiger partial charge in [0.25, 0.3) is 0 Å². The second-order valence-electron chi connectivity index (χ2n) is 4.06. The van der Waals surface area contributed by atoms with E-state index in [9.17, 15) is 4.39 Å². The Labute approximate surface area is 128 Å². The Bertz CT molecular complexity index is 778. The smallest absolute Gasteiger partial charge is 0.164 e. The molecule has 3 nitrogen and oxygen atoms in total. The average Bonchev–Trinajstić information content (AvgIpc) is 2.76. The summed E-state index contributed by atoms with van der Waals surface area (Å²) < 4.78 is 15.0. The summed E-state index contributed by atoms with van der Waals surface area (Å²) in [6.07, 6.45) is 1.63. The summed E-state index contributed by atoms with van der Waals surface area (Å²) >= 11 is 18.1. The van der Waals surface area contributed by atoms with Gasteiger partial charge in [-0.3, -0.25) is 4.57 Å². The van der Waals surface area contributed by atoms with E-state index in [1.165, 1.54) is 12.1 Å². The van der Waals surface area contributed by atoms with Gasteiger partial charge < -0.3 is 0 Å². The number of alkyl halides is 1. The van der Waals surface area contributed by atoms with Crippen LogP contribution in [0.3, 0.4) is 0 Å². The molecule has 0 saturated heterocycles. The van der Waals surface area contributed by atoms with E-state index in [1.807, 2.05) is 0 Å². The van der Waals surface area contributed by atoms with Crippen LogP contribution in [0.2, 0.25) is 10.0 Å². The van der Waals surface area contributed by atoms with Crippen molar-refractivity contribution in [3.63, 3.8) is 0 Å². The Morgan fingerprint density at radius 3 is 2.55 bits per heavy atom. The molecule has 0 unspecified atom stereocenters. The van der Waals surface area contributed by atoms with Crippen molar-refractivity contribution in [1.82, 2.24) is 14.5 Å². The molecule has 0 fully saturated rings. The molecule has 0 spiro atoms. The van der Waals surface area contributed by atoms with E-state index in [-0.39, 0.29) is 15.9 Å². The molecule has 2 heterocycles. The summed E-state index contributed by atoms with van der Waals surface area (Å²) in [6.45, 7) is 0. The SMILES string of the molecule is Fc1cc(Cl)c(-n2c(CCl)nc3cccnc32)c(Cl)c1. The van der Waals surface area contributed by atoms with Crippen LogP contribution in [0.5, 0.6) is 0 Å². The molecule has 0 N–H and O–H groups in total. The van der Waals surface area contributed by atoms with Crippen LogP contribution in [0.15, 0.2) is 30.5 Å². The molecule has 0 aliphatic carbocycles. The van der Waals surface area contributed by atoms with Crippen LogP contribution in [0.4, 0.5) is 4.39 Å². The van der Waals surface area contributed by atoms with Crippen molar-refractivity contribution in [2.75, 3.05) is 0 Å². The number of benzene rings is 1. The van der Waals surface area contributed by atoms with Crippen molar-refractivity contribution in [2.45, 2.75) is 5.88 Å². The maximum atomic E-state index is 13.3. The zero-order chi connectivity index (χ0) is 14.3. The van der Waals surface area contributed by atoms with Crippen LogP contribution in [-0.2, 0) is 5.88 Å². The van der Waals surface area contributed by atoms with E-state index in [2.05, 4.69) is 9.97 Å². The first kappa shape index (κ1) is 13.6. The van der Waals surface area contributed by atoms with Gasteiger partial charge in [-0.1, -0.05) is 23.2 Å². The lowest BCUT2D eigenvalue weighted by Crippen LogP contribution is -2.02. The van der Waals surface area contributed by atoms with Gasteiger partial charge >= 0.3 is 0 Å². The number of imidazole rings is 1. The number of hydrogen-bond donors (Lipinski definition) is 0. The highest BCUT2D eigenvalue weighted by Gasteiger charge is 2.18. The van der Waals surface area contributed by atoms with E-state index in [1.54, 1.807) is 22.9 Å². The molecule has 2 aromatic heterocycles. The molecule has 0 saturated carbocycles. The van der Waals surface area contributed by atoms with E-state index in [4.69, 9.17) is 34.8 Å². The Kier molecular flexibility index (Phi) is 3.54. The number of pyridine rings is 1. The number of aromatic nitrogens is 3. The quantitative estimate of drug-likeness (QED) is 0.643. The first-order chi connectivity index (χ1) is 9.61. The minimum absolute atomic E-state index is 0.153. The third kappa shape index (κ3) is 2.14. The van der Waals surface area contributed by atoms with Gasteiger partial charge in [0.2, 0.25) is 0 Å². The lowest BCUT2D eigenvalue weighted by molar-refractivity contribution is 0.627. The predicted molar refractivity (Wildman–Crippen MR) is 78.4 cm³/mol. The summed E-state index contributed by atoms with van der Waals surface area (Å²) in [5.41, 5.74) is 1.66. The van der Waals surface area contributed by atoms with E-state index >= 15 is 0 Å². The van der Waals surface area contributed by atoms with Gasteiger partial charge in [-0.05, 0) is 24.3 Å². The maximum absolute atomic E-state index is 13.3. The molecular formula is C13H7Cl3FN3. The van der Waals surface area contributed by atoms with Gasteiger partial charge in [0.15, 0.2) is 5.65 Å². The average molecular weight is 331 g/mol. The number of halogens is 4. The van der Waals surface area contributed by atoms with Crippen molar-refractivity contribution < 1.29 is 4.39 Å². The van der Waals surface area contributed by atoms with Crippen molar-refractivity contribution in [3.05, 3.63) is 52.1 Å². The third-order valence-corrected chi connectivity index (χ3v) is 3.63. The van der Waals surface area contributed by atoms with Crippen molar-refractivity contribution in [1.29, 1.82) is 0 Å².